The van der Waals surface area contributed by atoms with Crippen molar-refractivity contribution in [2.24, 2.45) is 0 Å². The standard InChI is InChI=1S/C24H34N2O4S/c1-15(2)20-13-21(17(4)12-23(20)30-7)19(6)25-24(27)14-26(31(8,28)29)22-11-9-10-16(3)18(22)5/h9-13,15,19H,14H2,1-8H3,(H,25,27)/t19-/m0/s1. The van der Waals surface area contributed by atoms with Gasteiger partial charge >= 0.3 is 0 Å². The second-order valence-corrected chi connectivity index (χ2v) is 10.3. The van der Waals surface area contributed by atoms with Crippen molar-refractivity contribution in [3.63, 3.8) is 0 Å². The summed E-state index contributed by atoms with van der Waals surface area (Å²) >= 11 is 0. The van der Waals surface area contributed by atoms with Crippen LogP contribution in [0.4, 0.5) is 5.69 Å². The molecule has 6 nitrogen and oxygen atoms in total. The number of anilines is 1. The summed E-state index contributed by atoms with van der Waals surface area (Å²) in [6.45, 7) is 11.6. The van der Waals surface area contributed by atoms with Crippen molar-refractivity contribution in [2.45, 2.75) is 53.5 Å². The number of rotatable bonds is 8. The summed E-state index contributed by atoms with van der Waals surface area (Å²) in [6.07, 6.45) is 1.12. The number of nitrogens with one attached hydrogen (secondary N) is 1. The van der Waals surface area contributed by atoms with Crippen LogP contribution in [0.2, 0.25) is 0 Å². The topological polar surface area (TPSA) is 75.7 Å². The lowest BCUT2D eigenvalue weighted by Crippen LogP contribution is -2.41. The normalized spacial score (nSPS) is 12.5. The summed E-state index contributed by atoms with van der Waals surface area (Å²) in [5.74, 6) is 0.732. The molecule has 0 bridgehead atoms. The second-order valence-electron chi connectivity index (χ2n) is 8.38. The van der Waals surface area contributed by atoms with Crippen molar-refractivity contribution in [3.05, 3.63) is 58.1 Å². The summed E-state index contributed by atoms with van der Waals surface area (Å²) in [4.78, 5) is 12.9. The van der Waals surface area contributed by atoms with Crippen LogP contribution in [0.3, 0.4) is 0 Å². The average Bonchev–Trinajstić information content (AvgIpc) is 2.67. The molecule has 7 heteroatoms. The van der Waals surface area contributed by atoms with E-state index in [4.69, 9.17) is 4.74 Å². The SMILES string of the molecule is COc1cc(C)c([C@H](C)NC(=O)CN(c2cccc(C)c2C)S(C)(=O)=O)cc1C(C)C. The van der Waals surface area contributed by atoms with Crippen molar-refractivity contribution in [3.8, 4) is 5.75 Å². The summed E-state index contributed by atoms with van der Waals surface area (Å²) in [5.41, 5.74) is 5.38. The number of sulfonamides is 1. The van der Waals surface area contributed by atoms with Gasteiger partial charge in [0.05, 0.1) is 25.1 Å². The summed E-state index contributed by atoms with van der Waals surface area (Å²) < 4.78 is 31.6. The van der Waals surface area contributed by atoms with E-state index in [0.29, 0.717) is 5.69 Å². The monoisotopic (exact) mass is 446 g/mol. The number of carbonyl (C=O) groups excluding carboxylic acids is 1. The highest BCUT2D eigenvalue weighted by atomic mass is 32.2. The predicted molar refractivity (Wildman–Crippen MR) is 126 cm³/mol. The Morgan fingerprint density at radius 3 is 2.26 bits per heavy atom. The Kier molecular flexibility index (Phi) is 7.76. The van der Waals surface area contributed by atoms with Crippen LogP contribution in [0, 0.1) is 20.8 Å². The fourth-order valence-electron chi connectivity index (χ4n) is 3.69. The van der Waals surface area contributed by atoms with Gasteiger partial charge in [0.15, 0.2) is 0 Å². The highest BCUT2D eigenvalue weighted by Gasteiger charge is 2.24. The molecule has 0 aliphatic carbocycles. The van der Waals surface area contributed by atoms with Crippen LogP contribution in [-0.4, -0.2) is 34.2 Å². The quantitative estimate of drug-likeness (QED) is 0.653. The van der Waals surface area contributed by atoms with E-state index in [1.54, 1.807) is 19.2 Å². The first-order valence-corrected chi connectivity index (χ1v) is 12.2. The van der Waals surface area contributed by atoms with Crippen LogP contribution in [0.5, 0.6) is 5.75 Å². The number of hydrogen-bond donors (Lipinski definition) is 1. The van der Waals surface area contributed by atoms with Gasteiger partial charge in [-0.05, 0) is 79.6 Å². The Hall–Kier alpha value is -2.54. The van der Waals surface area contributed by atoms with E-state index < -0.39 is 10.0 Å². The lowest BCUT2D eigenvalue weighted by atomic mass is 9.93. The van der Waals surface area contributed by atoms with E-state index in [2.05, 4.69) is 25.2 Å². The third-order valence-electron chi connectivity index (χ3n) is 5.62. The Morgan fingerprint density at radius 2 is 1.71 bits per heavy atom. The lowest BCUT2D eigenvalue weighted by Gasteiger charge is -2.26. The number of carbonyl (C=O) groups is 1. The molecule has 2 aromatic rings. The molecule has 170 valence electrons. The van der Waals surface area contributed by atoms with Gasteiger partial charge in [-0.1, -0.05) is 26.0 Å². The Balaban J connectivity index is 2.29. The molecule has 1 N–H and O–H groups in total. The van der Waals surface area contributed by atoms with E-state index in [1.807, 2.05) is 39.8 Å². The van der Waals surface area contributed by atoms with Gasteiger partial charge in [-0.25, -0.2) is 8.42 Å². The molecule has 2 rings (SSSR count). The van der Waals surface area contributed by atoms with Crippen LogP contribution < -0.4 is 14.4 Å². The van der Waals surface area contributed by atoms with Gasteiger partial charge in [0.2, 0.25) is 15.9 Å². The third kappa shape index (κ3) is 5.79. The number of benzene rings is 2. The molecule has 0 fully saturated rings. The highest BCUT2D eigenvalue weighted by molar-refractivity contribution is 7.92. The number of hydrogen-bond acceptors (Lipinski definition) is 4. The number of nitrogens with zero attached hydrogens (tertiary/aromatic N) is 1. The van der Waals surface area contributed by atoms with Crippen LogP contribution in [0.25, 0.3) is 0 Å². The van der Waals surface area contributed by atoms with Gasteiger partial charge in [-0.15, -0.1) is 0 Å². The molecule has 1 amide bonds. The van der Waals surface area contributed by atoms with Gasteiger partial charge in [0, 0.05) is 0 Å². The molecule has 0 aliphatic rings. The van der Waals surface area contributed by atoms with Crippen molar-refractivity contribution < 1.29 is 17.9 Å². The van der Waals surface area contributed by atoms with E-state index >= 15 is 0 Å². The first-order valence-electron chi connectivity index (χ1n) is 10.4. The van der Waals surface area contributed by atoms with Gasteiger partial charge in [0.25, 0.3) is 0 Å². The molecule has 0 unspecified atom stereocenters. The molecular formula is C24H34N2O4S. The fourth-order valence-corrected chi connectivity index (χ4v) is 4.60. The summed E-state index contributed by atoms with van der Waals surface area (Å²) in [5, 5.41) is 2.96. The molecule has 0 radical (unpaired) electrons. The largest absolute Gasteiger partial charge is 0.496 e. The van der Waals surface area contributed by atoms with Gasteiger partial charge < -0.3 is 10.1 Å². The van der Waals surface area contributed by atoms with E-state index in [0.717, 1.165) is 44.1 Å². The Morgan fingerprint density at radius 1 is 1.06 bits per heavy atom. The number of methoxy groups -OCH3 is 1. The Labute approximate surface area is 186 Å². The fraction of sp³-hybridized carbons (Fsp3) is 0.458. The summed E-state index contributed by atoms with van der Waals surface area (Å²) in [6, 6.07) is 9.19. The predicted octanol–water partition coefficient (Wildman–Crippen LogP) is 4.39. The van der Waals surface area contributed by atoms with Gasteiger partial charge in [-0.3, -0.25) is 9.10 Å². The molecule has 31 heavy (non-hydrogen) atoms. The molecule has 1 atom stereocenters. The first-order chi connectivity index (χ1) is 14.4. The minimum absolute atomic E-state index is 0.266. The van der Waals surface area contributed by atoms with Crippen molar-refractivity contribution >= 4 is 21.6 Å². The zero-order chi connectivity index (χ0) is 23.5. The van der Waals surface area contributed by atoms with Crippen LogP contribution in [-0.2, 0) is 14.8 Å². The number of ether oxygens (including phenoxy) is 1. The molecule has 0 aliphatic heterocycles. The molecule has 0 heterocycles. The lowest BCUT2D eigenvalue weighted by molar-refractivity contribution is -0.120. The molecule has 0 saturated carbocycles. The van der Waals surface area contributed by atoms with E-state index in [-0.39, 0.29) is 24.4 Å². The molecule has 0 aromatic heterocycles. The van der Waals surface area contributed by atoms with E-state index in [9.17, 15) is 13.2 Å². The number of aryl methyl sites for hydroxylation is 2. The number of amides is 1. The maximum Gasteiger partial charge on any atom is 0.241 e. The zero-order valence-electron chi connectivity index (χ0n) is 19.7. The van der Waals surface area contributed by atoms with Crippen molar-refractivity contribution in [2.75, 3.05) is 24.2 Å². The Bertz CT molecular complexity index is 1060. The average molecular weight is 447 g/mol. The van der Waals surface area contributed by atoms with E-state index in [1.165, 1.54) is 0 Å². The maximum absolute atomic E-state index is 12.9. The minimum atomic E-state index is -3.63. The van der Waals surface area contributed by atoms with Gasteiger partial charge in [0.1, 0.15) is 12.3 Å². The molecular weight excluding hydrogens is 412 g/mol. The molecule has 0 saturated heterocycles. The van der Waals surface area contributed by atoms with Crippen LogP contribution >= 0.6 is 0 Å². The zero-order valence-corrected chi connectivity index (χ0v) is 20.6. The third-order valence-corrected chi connectivity index (χ3v) is 6.74. The summed E-state index contributed by atoms with van der Waals surface area (Å²) in [7, 11) is -1.98. The minimum Gasteiger partial charge on any atom is -0.496 e. The van der Waals surface area contributed by atoms with Crippen molar-refractivity contribution in [1.29, 1.82) is 0 Å². The second kappa shape index (κ2) is 9.73. The maximum atomic E-state index is 12.9. The van der Waals surface area contributed by atoms with Crippen LogP contribution in [0.1, 0.15) is 60.5 Å². The first kappa shape index (κ1) is 24.7. The highest BCUT2D eigenvalue weighted by Crippen LogP contribution is 2.32. The van der Waals surface area contributed by atoms with Gasteiger partial charge in [-0.2, -0.15) is 0 Å². The van der Waals surface area contributed by atoms with Crippen LogP contribution in [0.15, 0.2) is 30.3 Å². The van der Waals surface area contributed by atoms with Crippen molar-refractivity contribution in [1.82, 2.24) is 5.32 Å². The molecule has 2 aromatic carbocycles. The molecule has 0 spiro atoms. The smallest absolute Gasteiger partial charge is 0.241 e.